The minimum Gasteiger partial charge on any atom is -0.392 e. The summed E-state index contributed by atoms with van der Waals surface area (Å²) in [6.07, 6.45) is 8.09. The van der Waals surface area contributed by atoms with E-state index in [-0.39, 0.29) is 6.61 Å². The van der Waals surface area contributed by atoms with Gasteiger partial charge in [-0.1, -0.05) is 19.1 Å². The second-order valence-corrected chi connectivity index (χ2v) is 2.85. The van der Waals surface area contributed by atoms with E-state index in [1.54, 1.807) is 6.08 Å². The SMILES string of the molecule is CCC1OC1CCC=CCO. The van der Waals surface area contributed by atoms with Crippen LogP contribution in [0.15, 0.2) is 12.2 Å². The smallest absolute Gasteiger partial charge is 0.0844 e. The molecule has 64 valence electrons. The maximum absolute atomic E-state index is 8.43. The van der Waals surface area contributed by atoms with Gasteiger partial charge in [0.1, 0.15) is 0 Å². The Labute approximate surface area is 67.9 Å². The van der Waals surface area contributed by atoms with Gasteiger partial charge in [-0.3, -0.25) is 0 Å². The van der Waals surface area contributed by atoms with Gasteiger partial charge in [0, 0.05) is 0 Å². The van der Waals surface area contributed by atoms with Gasteiger partial charge in [-0.15, -0.1) is 0 Å². The van der Waals surface area contributed by atoms with Gasteiger partial charge in [0.25, 0.3) is 0 Å². The van der Waals surface area contributed by atoms with Gasteiger partial charge >= 0.3 is 0 Å². The van der Waals surface area contributed by atoms with Crippen LogP contribution >= 0.6 is 0 Å². The van der Waals surface area contributed by atoms with Gasteiger partial charge in [0.2, 0.25) is 0 Å². The topological polar surface area (TPSA) is 32.8 Å². The van der Waals surface area contributed by atoms with Crippen LogP contribution in [-0.4, -0.2) is 23.9 Å². The predicted molar refractivity (Wildman–Crippen MR) is 44.4 cm³/mol. The number of rotatable bonds is 5. The number of hydrogen-bond donors (Lipinski definition) is 1. The molecular formula is C9H16O2. The van der Waals surface area contributed by atoms with Crippen molar-refractivity contribution in [3.8, 4) is 0 Å². The van der Waals surface area contributed by atoms with Gasteiger partial charge in [-0.05, 0) is 19.3 Å². The molecule has 2 heteroatoms. The van der Waals surface area contributed by atoms with Crippen molar-refractivity contribution in [2.24, 2.45) is 0 Å². The summed E-state index contributed by atoms with van der Waals surface area (Å²) in [7, 11) is 0. The van der Waals surface area contributed by atoms with Gasteiger partial charge < -0.3 is 9.84 Å². The zero-order chi connectivity index (χ0) is 8.10. The van der Waals surface area contributed by atoms with Crippen LogP contribution in [0, 0.1) is 0 Å². The molecule has 0 radical (unpaired) electrons. The second kappa shape index (κ2) is 4.52. The van der Waals surface area contributed by atoms with E-state index in [0.29, 0.717) is 12.2 Å². The van der Waals surface area contributed by atoms with E-state index in [1.807, 2.05) is 6.08 Å². The highest BCUT2D eigenvalue weighted by Gasteiger charge is 2.35. The molecule has 2 atom stereocenters. The van der Waals surface area contributed by atoms with E-state index in [4.69, 9.17) is 9.84 Å². The van der Waals surface area contributed by atoms with E-state index in [9.17, 15) is 0 Å². The fourth-order valence-electron chi connectivity index (χ4n) is 1.25. The van der Waals surface area contributed by atoms with Crippen molar-refractivity contribution >= 4 is 0 Å². The molecule has 0 aromatic rings. The minimum absolute atomic E-state index is 0.155. The Bertz CT molecular complexity index is 132. The molecule has 1 aliphatic heterocycles. The molecule has 0 spiro atoms. The van der Waals surface area contributed by atoms with Crippen molar-refractivity contribution in [1.29, 1.82) is 0 Å². The maximum atomic E-state index is 8.43. The van der Waals surface area contributed by atoms with Crippen molar-refractivity contribution in [3.63, 3.8) is 0 Å². The molecule has 2 nitrogen and oxygen atoms in total. The number of ether oxygens (including phenoxy) is 1. The Morgan fingerprint density at radius 2 is 2.18 bits per heavy atom. The first-order chi connectivity index (χ1) is 5.38. The molecule has 1 saturated heterocycles. The fourth-order valence-corrected chi connectivity index (χ4v) is 1.25. The van der Waals surface area contributed by atoms with Crippen molar-refractivity contribution in [2.75, 3.05) is 6.61 Å². The van der Waals surface area contributed by atoms with Gasteiger partial charge in [0.15, 0.2) is 0 Å². The lowest BCUT2D eigenvalue weighted by Crippen LogP contribution is -1.90. The maximum Gasteiger partial charge on any atom is 0.0844 e. The molecule has 1 N–H and O–H groups in total. The molecule has 0 aromatic heterocycles. The lowest BCUT2D eigenvalue weighted by Gasteiger charge is -1.88. The first-order valence-corrected chi connectivity index (χ1v) is 4.29. The van der Waals surface area contributed by atoms with Crippen LogP contribution in [0.2, 0.25) is 0 Å². The zero-order valence-electron chi connectivity index (χ0n) is 6.99. The Morgan fingerprint density at radius 3 is 2.73 bits per heavy atom. The molecule has 0 amide bonds. The zero-order valence-corrected chi connectivity index (χ0v) is 6.99. The number of aliphatic hydroxyl groups excluding tert-OH is 1. The van der Waals surface area contributed by atoms with Crippen molar-refractivity contribution in [1.82, 2.24) is 0 Å². The highest BCUT2D eigenvalue weighted by molar-refractivity contribution is 4.88. The van der Waals surface area contributed by atoms with Crippen LogP contribution in [0.3, 0.4) is 0 Å². The van der Waals surface area contributed by atoms with E-state index >= 15 is 0 Å². The summed E-state index contributed by atoms with van der Waals surface area (Å²) in [5.41, 5.74) is 0. The Hall–Kier alpha value is -0.340. The van der Waals surface area contributed by atoms with E-state index in [0.717, 1.165) is 19.3 Å². The van der Waals surface area contributed by atoms with Crippen LogP contribution in [0.5, 0.6) is 0 Å². The normalized spacial score (nSPS) is 29.6. The minimum atomic E-state index is 0.155. The predicted octanol–water partition coefficient (Wildman–Crippen LogP) is 1.49. The number of hydrogen-bond acceptors (Lipinski definition) is 2. The average Bonchev–Trinajstić information content (AvgIpc) is 2.77. The monoisotopic (exact) mass is 156 g/mol. The highest BCUT2D eigenvalue weighted by atomic mass is 16.6. The van der Waals surface area contributed by atoms with Crippen molar-refractivity contribution in [2.45, 2.75) is 38.4 Å². The molecular weight excluding hydrogens is 140 g/mol. The third-order valence-corrected chi connectivity index (χ3v) is 1.98. The summed E-state index contributed by atoms with van der Waals surface area (Å²) in [4.78, 5) is 0. The molecule has 0 saturated carbocycles. The first-order valence-electron chi connectivity index (χ1n) is 4.29. The Kier molecular flexibility index (Phi) is 3.60. The van der Waals surface area contributed by atoms with Crippen LogP contribution < -0.4 is 0 Å². The van der Waals surface area contributed by atoms with Crippen LogP contribution in [0.25, 0.3) is 0 Å². The van der Waals surface area contributed by atoms with Crippen molar-refractivity contribution < 1.29 is 9.84 Å². The Balaban J connectivity index is 1.93. The van der Waals surface area contributed by atoms with E-state index < -0.39 is 0 Å². The molecule has 0 bridgehead atoms. The molecule has 1 rings (SSSR count). The van der Waals surface area contributed by atoms with Gasteiger partial charge in [-0.25, -0.2) is 0 Å². The van der Waals surface area contributed by atoms with E-state index in [1.165, 1.54) is 0 Å². The summed E-state index contributed by atoms with van der Waals surface area (Å²) >= 11 is 0. The summed E-state index contributed by atoms with van der Waals surface area (Å²) in [5.74, 6) is 0. The molecule has 0 aromatic carbocycles. The third kappa shape index (κ3) is 3.04. The number of allylic oxidation sites excluding steroid dienone is 1. The second-order valence-electron chi connectivity index (χ2n) is 2.85. The summed E-state index contributed by atoms with van der Waals surface area (Å²) < 4.78 is 5.35. The largest absolute Gasteiger partial charge is 0.392 e. The highest BCUT2D eigenvalue weighted by Crippen LogP contribution is 2.28. The molecule has 1 heterocycles. The first kappa shape index (κ1) is 8.75. The number of epoxide rings is 1. The fraction of sp³-hybridized carbons (Fsp3) is 0.778. The van der Waals surface area contributed by atoms with Crippen LogP contribution in [0.4, 0.5) is 0 Å². The molecule has 1 fully saturated rings. The average molecular weight is 156 g/mol. The standard InChI is InChI=1S/C9H16O2/c1-2-8-9(11-8)6-4-3-5-7-10/h3,5,8-10H,2,4,6-7H2,1H3. The van der Waals surface area contributed by atoms with Gasteiger partial charge in [0.05, 0.1) is 18.8 Å². The summed E-state index contributed by atoms with van der Waals surface area (Å²) in [6.45, 7) is 2.30. The molecule has 11 heavy (non-hydrogen) atoms. The van der Waals surface area contributed by atoms with Crippen LogP contribution in [0.1, 0.15) is 26.2 Å². The third-order valence-electron chi connectivity index (χ3n) is 1.98. The van der Waals surface area contributed by atoms with Gasteiger partial charge in [-0.2, -0.15) is 0 Å². The summed E-state index contributed by atoms with van der Waals surface area (Å²) in [5, 5.41) is 8.43. The molecule has 0 aliphatic carbocycles. The number of aliphatic hydroxyl groups is 1. The Morgan fingerprint density at radius 1 is 1.36 bits per heavy atom. The lowest BCUT2D eigenvalue weighted by atomic mass is 10.1. The lowest BCUT2D eigenvalue weighted by molar-refractivity contribution is 0.341. The quantitative estimate of drug-likeness (QED) is 0.483. The van der Waals surface area contributed by atoms with E-state index in [2.05, 4.69) is 6.92 Å². The molecule has 2 unspecified atom stereocenters. The summed E-state index contributed by atoms with van der Waals surface area (Å²) in [6, 6.07) is 0. The van der Waals surface area contributed by atoms with Crippen molar-refractivity contribution in [3.05, 3.63) is 12.2 Å². The van der Waals surface area contributed by atoms with Crippen LogP contribution in [-0.2, 0) is 4.74 Å². The molecule has 1 aliphatic rings.